The molecule has 2 aliphatic heterocycles. The molecule has 2 heterocycles. The molecule has 0 unspecified atom stereocenters. The summed E-state index contributed by atoms with van der Waals surface area (Å²) in [6.07, 6.45) is 0. The molecule has 0 aliphatic carbocycles. The van der Waals surface area contributed by atoms with Gasteiger partial charge in [0.05, 0.1) is 19.8 Å². The number of rotatable bonds is 4. The third-order valence-electron chi connectivity index (χ3n) is 3.56. The van der Waals surface area contributed by atoms with Crippen LogP contribution in [0.25, 0.3) is 0 Å². The Hall–Kier alpha value is -0.650. The van der Waals surface area contributed by atoms with Crippen LogP contribution in [-0.4, -0.2) is 64.4 Å². The third kappa shape index (κ3) is 2.21. The molecule has 0 bridgehead atoms. The maximum absolute atomic E-state index is 11.4. The summed E-state index contributed by atoms with van der Waals surface area (Å²) in [5, 5.41) is 3.37. The maximum atomic E-state index is 11.4. The van der Waals surface area contributed by atoms with Crippen LogP contribution in [0.1, 0.15) is 0 Å². The molecular weight excluding hydrogens is 208 g/mol. The van der Waals surface area contributed by atoms with Crippen molar-refractivity contribution in [1.29, 1.82) is 0 Å². The van der Waals surface area contributed by atoms with E-state index in [1.165, 1.54) is 0 Å². The molecule has 5 heteroatoms. The van der Waals surface area contributed by atoms with Crippen molar-refractivity contribution in [3.8, 4) is 0 Å². The molecule has 2 rings (SSSR count). The zero-order chi connectivity index (χ0) is 11.6. The van der Waals surface area contributed by atoms with Gasteiger partial charge in [0, 0.05) is 38.5 Å². The van der Waals surface area contributed by atoms with Crippen molar-refractivity contribution in [2.45, 2.75) is 0 Å². The first-order valence-corrected chi connectivity index (χ1v) is 5.70. The molecule has 92 valence electrons. The van der Waals surface area contributed by atoms with Crippen LogP contribution in [0.4, 0.5) is 0 Å². The summed E-state index contributed by atoms with van der Waals surface area (Å²) in [4.78, 5) is 12.9. The van der Waals surface area contributed by atoms with Crippen LogP contribution in [0.5, 0.6) is 0 Å². The molecule has 16 heavy (non-hydrogen) atoms. The zero-order valence-electron chi connectivity index (χ0n) is 9.99. The van der Waals surface area contributed by atoms with Crippen LogP contribution in [0.2, 0.25) is 0 Å². The van der Waals surface area contributed by atoms with Crippen molar-refractivity contribution in [2.75, 3.05) is 53.6 Å². The van der Waals surface area contributed by atoms with Gasteiger partial charge in [-0.05, 0) is 0 Å². The van der Waals surface area contributed by atoms with Gasteiger partial charge in [0.15, 0.2) is 0 Å². The topological polar surface area (TPSA) is 50.8 Å². The minimum absolute atomic E-state index is 0.0119. The summed E-state index contributed by atoms with van der Waals surface area (Å²) >= 11 is 0. The zero-order valence-corrected chi connectivity index (χ0v) is 9.99. The monoisotopic (exact) mass is 228 g/mol. The predicted molar refractivity (Wildman–Crippen MR) is 59.1 cm³/mol. The molecule has 0 saturated carbocycles. The smallest absolute Gasteiger partial charge is 0.248 e. The van der Waals surface area contributed by atoms with Crippen molar-refractivity contribution >= 4 is 5.91 Å². The summed E-state index contributed by atoms with van der Waals surface area (Å²) < 4.78 is 11.0. The largest absolute Gasteiger partial charge is 0.380 e. The fourth-order valence-electron chi connectivity index (χ4n) is 2.35. The average molecular weight is 228 g/mol. The van der Waals surface area contributed by atoms with E-state index in [0.29, 0.717) is 12.5 Å². The normalized spacial score (nSPS) is 32.8. The van der Waals surface area contributed by atoms with Gasteiger partial charge in [-0.15, -0.1) is 0 Å². The number of carbonyl (C=O) groups excluding carboxylic acids is 1. The number of ether oxygens (including phenoxy) is 2. The Kier molecular flexibility index (Phi) is 3.47. The summed E-state index contributed by atoms with van der Waals surface area (Å²) in [5.41, 5.74) is 0.104. The highest BCUT2D eigenvalue weighted by Crippen LogP contribution is 2.37. The molecule has 0 radical (unpaired) electrons. The summed E-state index contributed by atoms with van der Waals surface area (Å²) in [7, 11) is 3.48. The van der Waals surface area contributed by atoms with E-state index in [-0.39, 0.29) is 17.9 Å². The highest BCUT2D eigenvalue weighted by atomic mass is 16.5. The Morgan fingerprint density at radius 2 is 2.44 bits per heavy atom. The van der Waals surface area contributed by atoms with Gasteiger partial charge in [-0.25, -0.2) is 0 Å². The number of likely N-dealkylation sites (N-methyl/N-ethyl adjacent to an activating group) is 1. The van der Waals surface area contributed by atoms with Gasteiger partial charge in [0.1, 0.15) is 6.61 Å². The van der Waals surface area contributed by atoms with E-state index in [4.69, 9.17) is 9.47 Å². The highest BCUT2D eigenvalue weighted by Gasteiger charge is 2.47. The molecule has 2 aliphatic rings. The lowest BCUT2D eigenvalue weighted by Crippen LogP contribution is -2.36. The third-order valence-corrected chi connectivity index (χ3v) is 3.56. The Labute approximate surface area is 96.1 Å². The first-order chi connectivity index (χ1) is 7.64. The predicted octanol–water partition coefficient (Wildman–Crippen LogP) is -0.673. The first kappa shape index (κ1) is 11.8. The van der Waals surface area contributed by atoms with Crippen LogP contribution < -0.4 is 5.32 Å². The lowest BCUT2D eigenvalue weighted by molar-refractivity contribution is -0.134. The molecule has 2 saturated heterocycles. The SMILES string of the molecule is CN(C)C(=O)COC[C@@]12CNC[C@@H]1COC2. The summed E-state index contributed by atoms with van der Waals surface area (Å²) in [6, 6.07) is 0. The lowest BCUT2D eigenvalue weighted by atomic mass is 9.82. The van der Waals surface area contributed by atoms with E-state index in [2.05, 4.69) is 5.32 Å². The van der Waals surface area contributed by atoms with E-state index in [1.807, 2.05) is 0 Å². The first-order valence-electron chi connectivity index (χ1n) is 5.70. The number of nitrogens with one attached hydrogen (secondary N) is 1. The lowest BCUT2D eigenvalue weighted by Gasteiger charge is -2.26. The van der Waals surface area contributed by atoms with Gasteiger partial charge < -0.3 is 19.7 Å². The van der Waals surface area contributed by atoms with Gasteiger partial charge in [-0.1, -0.05) is 0 Å². The number of hydrogen-bond donors (Lipinski definition) is 1. The summed E-state index contributed by atoms with van der Waals surface area (Å²) in [5.74, 6) is 0.555. The van der Waals surface area contributed by atoms with Gasteiger partial charge in [0.25, 0.3) is 0 Å². The maximum Gasteiger partial charge on any atom is 0.248 e. The van der Waals surface area contributed by atoms with Gasteiger partial charge in [-0.2, -0.15) is 0 Å². The number of hydrogen-bond acceptors (Lipinski definition) is 4. The molecule has 1 N–H and O–H groups in total. The molecule has 0 spiro atoms. The average Bonchev–Trinajstić information content (AvgIpc) is 2.75. The van der Waals surface area contributed by atoms with E-state index < -0.39 is 0 Å². The number of nitrogens with zero attached hydrogens (tertiary/aromatic N) is 1. The highest BCUT2D eigenvalue weighted by molar-refractivity contribution is 5.76. The Balaban J connectivity index is 1.79. The van der Waals surface area contributed by atoms with Crippen molar-refractivity contribution < 1.29 is 14.3 Å². The van der Waals surface area contributed by atoms with E-state index in [0.717, 1.165) is 26.3 Å². The van der Waals surface area contributed by atoms with Crippen LogP contribution in [0, 0.1) is 11.3 Å². The molecule has 0 aromatic rings. The molecule has 1 amide bonds. The van der Waals surface area contributed by atoms with Gasteiger partial charge >= 0.3 is 0 Å². The van der Waals surface area contributed by atoms with Crippen LogP contribution in [0.3, 0.4) is 0 Å². The fraction of sp³-hybridized carbons (Fsp3) is 0.909. The summed E-state index contributed by atoms with van der Waals surface area (Å²) in [6.45, 7) is 4.29. The van der Waals surface area contributed by atoms with Crippen molar-refractivity contribution in [3.05, 3.63) is 0 Å². The quantitative estimate of drug-likeness (QED) is 0.693. The Morgan fingerprint density at radius 1 is 1.62 bits per heavy atom. The second-order valence-electron chi connectivity index (χ2n) is 4.99. The Morgan fingerprint density at radius 3 is 3.19 bits per heavy atom. The number of amides is 1. The van der Waals surface area contributed by atoms with Crippen LogP contribution in [0.15, 0.2) is 0 Å². The van der Waals surface area contributed by atoms with E-state index >= 15 is 0 Å². The van der Waals surface area contributed by atoms with Crippen molar-refractivity contribution in [2.24, 2.45) is 11.3 Å². The minimum Gasteiger partial charge on any atom is -0.380 e. The Bertz CT molecular complexity index is 258. The molecular formula is C11H20N2O3. The molecule has 0 aromatic heterocycles. The molecule has 0 aromatic carbocycles. The van der Waals surface area contributed by atoms with E-state index in [1.54, 1.807) is 19.0 Å². The molecule has 5 nitrogen and oxygen atoms in total. The van der Waals surface area contributed by atoms with E-state index in [9.17, 15) is 4.79 Å². The standard InChI is InChI=1S/C11H20N2O3/c1-13(2)10(14)5-16-8-11-6-12-3-9(11)4-15-7-11/h9,12H,3-8H2,1-2H3/t9-,11+/m1/s1. The second kappa shape index (κ2) is 4.69. The fourth-order valence-corrected chi connectivity index (χ4v) is 2.35. The molecule has 2 atom stereocenters. The minimum atomic E-state index is 0.0119. The van der Waals surface area contributed by atoms with Crippen LogP contribution >= 0.6 is 0 Å². The van der Waals surface area contributed by atoms with Gasteiger partial charge in [-0.3, -0.25) is 4.79 Å². The number of carbonyl (C=O) groups is 1. The van der Waals surface area contributed by atoms with Gasteiger partial charge in [0.2, 0.25) is 5.91 Å². The molecule has 2 fully saturated rings. The second-order valence-corrected chi connectivity index (χ2v) is 4.99. The van der Waals surface area contributed by atoms with Crippen molar-refractivity contribution in [3.63, 3.8) is 0 Å². The number of fused-ring (bicyclic) bond motifs is 1. The van der Waals surface area contributed by atoms with Crippen molar-refractivity contribution in [1.82, 2.24) is 10.2 Å². The van der Waals surface area contributed by atoms with Crippen LogP contribution in [-0.2, 0) is 14.3 Å².